The molecule has 0 saturated carbocycles. The minimum absolute atomic E-state index is 0.269. The lowest BCUT2D eigenvalue weighted by atomic mass is 9.94. The van der Waals surface area contributed by atoms with Crippen LogP contribution in [-0.4, -0.2) is 12.9 Å². The fourth-order valence-corrected chi connectivity index (χ4v) is 2.17. The van der Waals surface area contributed by atoms with Crippen molar-refractivity contribution in [1.82, 2.24) is 0 Å². The Morgan fingerprint density at radius 2 is 2.00 bits per heavy atom. The van der Waals surface area contributed by atoms with Gasteiger partial charge in [0.15, 0.2) is 0 Å². The molecule has 2 nitrogen and oxygen atoms in total. The van der Waals surface area contributed by atoms with E-state index in [4.69, 9.17) is 4.74 Å². The predicted molar refractivity (Wildman–Crippen MR) is 75.4 cm³/mol. The van der Waals surface area contributed by atoms with Crippen LogP contribution in [0.25, 0.3) is 0 Å². The van der Waals surface area contributed by atoms with Crippen molar-refractivity contribution in [1.29, 1.82) is 0 Å². The second kappa shape index (κ2) is 6.58. The Morgan fingerprint density at radius 1 is 1.33 bits per heavy atom. The zero-order valence-corrected chi connectivity index (χ0v) is 12.2. The van der Waals surface area contributed by atoms with E-state index in [1.54, 1.807) is 14.0 Å². The molecule has 0 saturated heterocycles. The van der Waals surface area contributed by atoms with Crippen molar-refractivity contribution in [2.24, 2.45) is 0 Å². The summed E-state index contributed by atoms with van der Waals surface area (Å²) < 4.78 is 5.43. The molecule has 2 heteroatoms. The van der Waals surface area contributed by atoms with Crippen LogP contribution in [0.2, 0.25) is 0 Å². The molecule has 0 bridgehead atoms. The first kappa shape index (κ1) is 14.7. The Morgan fingerprint density at radius 3 is 2.50 bits per heavy atom. The molecule has 18 heavy (non-hydrogen) atoms. The first-order valence-corrected chi connectivity index (χ1v) is 6.62. The molecule has 0 aliphatic carbocycles. The van der Waals surface area contributed by atoms with Crippen LogP contribution in [0.15, 0.2) is 12.1 Å². The zero-order chi connectivity index (χ0) is 13.7. The van der Waals surface area contributed by atoms with Crippen molar-refractivity contribution >= 4 is 5.78 Å². The van der Waals surface area contributed by atoms with Gasteiger partial charge in [-0.1, -0.05) is 19.9 Å². The summed E-state index contributed by atoms with van der Waals surface area (Å²) in [4.78, 5) is 11.0. The smallest absolute Gasteiger partial charge is 0.129 e. The van der Waals surface area contributed by atoms with E-state index >= 15 is 0 Å². The highest BCUT2D eigenvalue weighted by Gasteiger charge is 2.11. The molecule has 1 aromatic carbocycles. The van der Waals surface area contributed by atoms with Crippen LogP contribution < -0.4 is 4.74 Å². The average molecular weight is 248 g/mol. The lowest BCUT2D eigenvalue weighted by Gasteiger charge is -2.16. The van der Waals surface area contributed by atoms with Gasteiger partial charge in [-0.25, -0.2) is 0 Å². The van der Waals surface area contributed by atoms with Gasteiger partial charge in [0.1, 0.15) is 11.5 Å². The number of methoxy groups -OCH3 is 1. The fourth-order valence-electron chi connectivity index (χ4n) is 2.17. The van der Waals surface area contributed by atoms with Gasteiger partial charge in [0.05, 0.1) is 7.11 Å². The number of ether oxygens (including phenoxy) is 1. The molecule has 0 amide bonds. The number of hydrogen-bond donors (Lipinski definition) is 0. The molecule has 0 aromatic heterocycles. The Kier molecular flexibility index (Phi) is 5.39. The summed E-state index contributed by atoms with van der Waals surface area (Å²) in [5.74, 6) is 1.69. The van der Waals surface area contributed by atoms with E-state index in [0.717, 1.165) is 18.6 Å². The van der Waals surface area contributed by atoms with E-state index in [1.807, 2.05) is 0 Å². The van der Waals surface area contributed by atoms with E-state index in [9.17, 15) is 4.79 Å². The third-order valence-electron chi connectivity index (χ3n) is 3.29. The van der Waals surface area contributed by atoms with Crippen molar-refractivity contribution in [2.45, 2.75) is 52.9 Å². The van der Waals surface area contributed by atoms with Gasteiger partial charge in [0.2, 0.25) is 0 Å². The van der Waals surface area contributed by atoms with Gasteiger partial charge < -0.3 is 9.53 Å². The maximum atomic E-state index is 11.0. The molecule has 0 heterocycles. The van der Waals surface area contributed by atoms with Crippen molar-refractivity contribution < 1.29 is 9.53 Å². The number of aryl methyl sites for hydroxylation is 2. The van der Waals surface area contributed by atoms with Gasteiger partial charge in [-0.3, -0.25) is 0 Å². The summed E-state index contributed by atoms with van der Waals surface area (Å²) >= 11 is 0. The Hall–Kier alpha value is -1.31. The van der Waals surface area contributed by atoms with Gasteiger partial charge in [0.25, 0.3) is 0 Å². The standard InChI is InChI=1S/C16H24O2/c1-11(2)15-10-14(8-6-7-13(4)17)12(3)9-16(15)18-5/h9-11H,6-8H2,1-5H3. The lowest BCUT2D eigenvalue weighted by molar-refractivity contribution is -0.117. The number of ketones is 1. The van der Waals surface area contributed by atoms with Crippen LogP contribution in [-0.2, 0) is 11.2 Å². The van der Waals surface area contributed by atoms with Crippen molar-refractivity contribution in [3.05, 3.63) is 28.8 Å². The number of rotatable bonds is 6. The second-order valence-corrected chi connectivity index (χ2v) is 5.23. The van der Waals surface area contributed by atoms with Crippen LogP contribution in [0.4, 0.5) is 0 Å². The molecular weight excluding hydrogens is 224 g/mol. The first-order chi connectivity index (χ1) is 8.45. The molecule has 0 aliphatic rings. The van der Waals surface area contributed by atoms with Crippen LogP contribution >= 0.6 is 0 Å². The summed E-state index contributed by atoms with van der Waals surface area (Å²) in [5, 5.41) is 0. The molecule has 0 fully saturated rings. The lowest BCUT2D eigenvalue weighted by Crippen LogP contribution is -2.00. The van der Waals surface area contributed by atoms with Crippen LogP contribution in [0.3, 0.4) is 0 Å². The molecule has 0 unspecified atom stereocenters. The normalized spacial score (nSPS) is 10.8. The first-order valence-electron chi connectivity index (χ1n) is 6.62. The number of hydrogen-bond acceptors (Lipinski definition) is 2. The Balaban J connectivity index is 2.91. The number of Topliss-reactive ketones (excluding diaryl/α,β-unsaturated/α-hetero) is 1. The molecule has 0 atom stereocenters. The summed E-state index contributed by atoms with van der Waals surface area (Å²) in [7, 11) is 1.72. The highest BCUT2D eigenvalue weighted by molar-refractivity contribution is 5.75. The van der Waals surface area contributed by atoms with Crippen molar-refractivity contribution in [3.8, 4) is 5.75 Å². The molecule has 0 radical (unpaired) electrons. The van der Waals surface area contributed by atoms with Crippen molar-refractivity contribution in [2.75, 3.05) is 7.11 Å². The van der Waals surface area contributed by atoms with Gasteiger partial charge in [0, 0.05) is 6.42 Å². The average Bonchev–Trinajstić information content (AvgIpc) is 2.29. The monoisotopic (exact) mass is 248 g/mol. The molecule has 100 valence electrons. The number of carbonyl (C=O) groups excluding carboxylic acids is 1. The number of benzene rings is 1. The van der Waals surface area contributed by atoms with E-state index in [2.05, 4.69) is 32.9 Å². The highest BCUT2D eigenvalue weighted by Crippen LogP contribution is 2.30. The Bertz CT molecular complexity index is 419. The van der Waals surface area contributed by atoms with Crippen LogP contribution in [0.5, 0.6) is 5.75 Å². The summed E-state index contributed by atoms with van der Waals surface area (Å²) in [5.41, 5.74) is 3.83. The quantitative estimate of drug-likeness (QED) is 0.759. The van der Waals surface area contributed by atoms with Crippen LogP contribution in [0, 0.1) is 6.92 Å². The topological polar surface area (TPSA) is 26.3 Å². The zero-order valence-electron chi connectivity index (χ0n) is 12.2. The van der Waals surface area contributed by atoms with Crippen molar-refractivity contribution in [3.63, 3.8) is 0 Å². The minimum atomic E-state index is 0.269. The van der Waals surface area contributed by atoms with E-state index in [1.165, 1.54) is 16.7 Å². The molecule has 0 spiro atoms. The summed E-state index contributed by atoms with van der Waals surface area (Å²) in [6, 6.07) is 4.34. The van der Waals surface area contributed by atoms with Gasteiger partial charge in [-0.05, 0) is 55.4 Å². The molecule has 0 aliphatic heterocycles. The second-order valence-electron chi connectivity index (χ2n) is 5.23. The van der Waals surface area contributed by atoms with Gasteiger partial charge in [-0.15, -0.1) is 0 Å². The van der Waals surface area contributed by atoms with E-state index in [0.29, 0.717) is 12.3 Å². The van der Waals surface area contributed by atoms with Crippen LogP contribution in [0.1, 0.15) is 56.2 Å². The number of carbonyl (C=O) groups is 1. The van der Waals surface area contributed by atoms with Gasteiger partial charge >= 0.3 is 0 Å². The highest BCUT2D eigenvalue weighted by atomic mass is 16.5. The third-order valence-corrected chi connectivity index (χ3v) is 3.29. The largest absolute Gasteiger partial charge is 0.496 e. The third kappa shape index (κ3) is 3.86. The van der Waals surface area contributed by atoms with E-state index in [-0.39, 0.29) is 5.78 Å². The molecular formula is C16H24O2. The molecule has 1 rings (SSSR count). The summed E-state index contributed by atoms with van der Waals surface area (Å²) in [6.45, 7) is 8.11. The maximum Gasteiger partial charge on any atom is 0.129 e. The van der Waals surface area contributed by atoms with E-state index < -0.39 is 0 Å². The predicted octanol–water partition coefficient (Wildman–Crippen LogP) is 4.04. The minimum Gasteiger partial charge on any atom is -0.496 e. The Labute approximate surface area is 110 Å². The molecule has 0 N–H and O–H groups in total. The fraction of sp³-hybridized carbons (Fsp3) is 0.562. The maximum absolute atomic E-state index is 11.0. The molecule has 1 aromatic rings. The summed E-state index contributed by atoms with van der Waals surface area (Å²) in [6.07, 6.45) is 2.57. The SMILES string of the molecule is COc1cc(C)c(CCCC(C)=O)cc1C(C)C. The van der Waals surface area contributed by atoms with Gasteiger partial charge in [-0.2, -0.15) is 0 Å².